The summed E-state index contributed by atoms with van der Waals surface area (Å²) < 4.78 is 0. The van der Waals surface area contributed by atoms with E-state index in [1.807, 2.05) is 30.3 Å². The first-order valence-electron chi connectivity index (χ1n) is 9.32. The van der Waals surface area contributed by atoms with Crippen LogP contribution in [0.4, 0.5) is 4.79 Å². The number of imide groups is 1. The molecule has 1 aliphatic rings. The van der Waals surface area contributed by atoms with Crippen LogP contribution in [0, 0.1) is 0 Å². The summed E-state index contributed by atoms with van der Waals surface area (Å²) in [6, 6.07) is 15.5. The van der Waals surface area contributed by atoms with Crippen LogP contribution in [-0.4, -0.2) is 39.3 Å². The second-order valence-corrected chi connectivity index (χ2v) is 7.24. The maximum absolute atomic E-state index is 12.9. The summed E-state index contributed by atoms with van der Waals surface area (Å²) in [6.07, 6.45) is 0. The molecule has 2 atom stereocenters. The van der Waals surface area contributed by atoms with E-state index in [4.69, 9.17) is 0 Å². The Morgan fingerprint density at radius 3 is 2.55 bits per heavy atom. The van der Waals surface area contributed by atoms with Gasteiger partial charge < -0.3 is 15.6 Å². The molecule has 1 aliphatic heterocycles. The van der Waals surface area contributed by atoms with E-state index in [0.717, 1.165) is 15.9 Å². The minimum atomic E-state index is -1.19. The molecule has 4 rings (SSSR count). The van der Waals surface area contributed by atoms with Crippen molar-refractivity contribution in [2.45, 2.75) is 25.4 Å². The lowest BCUT2D eigenvalue weighted by atomic mass is 9.92. The average Bonchev–Trinajstić information content (AvgIpc) is 3.24. The lowest BCUT2D eigenvalue weighted by Gasteiger charge is -2.22. The number of hydrogen-bond donors (Lipinski definition) is 3. The number of rotatable bonds is 5. The highest BCUT2D eigenvalue weighted by Crippen LogP contribution is 2.28. The van der Waals surface area contributed by atoms with Gasteiger partial charge in [-0.1, -0.05) is 42.5 Å². The van der Waals surface area contributed by atoms with Crippen LogP contribution in [0.3, 0.4) is 0 Å². The van der Waals surface area contributed by atoms with Crippen LogP contribution in [0.1, 0.15) is 31.3 Å². The number of aromatic nitrogens is 2. The summed E-state index contributed by atoms with van der Waals surface area (Å²) in [5.41, 5.74) is 1.15. The van der Waals surface area contributed by atoms with Crippen LogP contribution in [0.5, 0.6) is 0 Å². The molecule has 1 aromatic heterocycles. The highest BCUT2D eigenvalue weighted by Gasteiger charge is 2.49. The Labute approximate surface area is 167 Å². The third kappa shape index (κ3) is 3.33. The third-order valence-corrected chi connectivity index (χ3v) is 5.12. The molecule has 1 saturated heterocycles. The number of urea groups is 1. The SMILES string of the molecule is C[C@@H](NC(=O)CN1C(=O)N[C@@](C)(c2ccccc2)C1=O)c1nc2ccccc2[nH]1. The number of para-hydroxylation sites is 2. The molecule has 4 amide bonds. The quantitative estimate of drug-likeness (QED) is 0.580. The molecule has 8 heteroatoms. The van der Waals surface area contributed by atoms with Gasteiger partial charge in [0.25, 0.3) is 5.91 Å². The minimum absolute atomic E-state index is 0.363. The first-order valence-corrected chi connectivity index (χ1v) is 9.32. The Morgan fingerprint density at radius 1 is 1.14 bits per heavy atom. The van der Waals surface area contributed by atoms with Gasteiger partial charge in [-0.2, -0.15) is 0 Å². The number of benzene rings is 2. The molecule has 0 saturated carbocycles. The van der Waals surface area contributed by atoms with Gasteiger partial charge in [-0.25, -0.2) is 9.78 Å². The van der Waals surface area contributed by atoms with Crippen molar-refractivity contribution in [3.05, 3.63) is 66.0 Å². The maximum atomic E-state index is 12.9. The second-order valence-electron chi connectivity index (χ2n) is 7.24. The summed E-state index contributed by atoms with van der Waals surface area (Å²) in [6.45, 7) is 3.06. The van der Waals surface area contributed by atoms with Crippen LogP contribution in [-0.2, 0) is 15.1 Å². The summed E-state index contributed by atoms with van der Waals surface area (Å²) in [5, 5.41) is 5.48. The average molecular weight is 391 g/mol. The van der Waals surface area contributed by atoms with E-state index in [0.29, 0.717) is 11.4 Å². The molecule has 148 valence electrons. The first kappa shape index (κ1) is 18.7. The molecule has 3 aromatic rings. The van der Waals surface area contributed by atoms with Gasteiger partial charge in [0, 0.05) is 0 Å². The predicted octanol–water partition coefficient (Wildman–Crippen LogP) is 2.21. The second kappa shape index (κ2) is 7.05. The zero-order valence-corrected chi connectivity index (χ0v) is 16.1. The standard InChI is InChI=1S/C21H21N5O3/c1-13(18-23-15-10-6-7-11-16(15)24-18)22-17(27)12-26-19(28)21(2,25-20(26)29)14-8-4-3-5-9-14/h3-11,13H,12H2,1-2H3,(H,22,27)(H,23,24)(H,25,29)/t13-,21+/m1/s1. The zero-order valence-electron chi connectivity index (χ0n) is 16.1. The molecule has 1 fully saturated rings. The molecule has 29 heavy (non-hydrogen) atoms. The van der Waals surface area contributed by atoms with Gasteiger partial charge in [0.05, 0.1) is 17.1 Å². The van der Waals surface area contributed by atoms with E-state index >= 15 is 0 Å². The molecule has 2 heterocycles. The molecule has 0 bridgehead atoms. The van der Waals surface area contributed by atoms with Crippen LogP contribution in [0.2, 0.25) is 0 Å². The molecule has 0 unspecified atom stereocenters. The number of nitrogens with zero attached hydrogens (tertiary/aromatic N) is 2. The van der Waals surface area contributed by atoms with E-state index in [9.17, 15) is 14.4 Å². The molecule has 0 spiro atoms. The Morgan fingerprint density at radius 2 is 1.83 bits per heavy atom. The lowest BCUT2D eigenvalue weighted by Crippen LogP contribution is -2.43. The topological polar surface area (TPSA) is 107 Å². The van der Waals surface area contributed by atoms with Gasteiger partial charge in [-0.05, 0) is 31.5 Å². The van der Waals surface area contributed by atoms with Crippen molar-refractivity contribution in [3.8, 4) is 0 Å². The molecule has 2 aromatic carbocycles. The van der Waals surface area contributed by atoms with Crippen LogP contribution in [0.25, 0.3) is 11.0 Å². The van der Waals surface area contributed by atoms with E-state index in [1.165, 1.54) is 0 Å². The molecule has 3 N–H and O–H groups in total. The van der Waals surface area contributed by atoms with Gasteiger partial charge in [-0.3, -0.25) is 14.5 Å². The largest absolute Gasteiger partial charge is 0.345 e. The normalized spacial score (nSPS) is 20.0. The lowest BCUT2D eigenvalue weighted by molar-refractivity contribution is -0.135. The Kier molecular flexibility index (Phi) is 4.54. The number of carbonyl (C=O) groups excluding carboxylic acids is 3. The number of imidazole rings is 1. The summed E-state index contributed by atoms with van der Waals surface area (Å²) in [5.74, 6) is -0.301. The van der Waals surface area contributed by atoms with Crippen molar-refractivity contribution in [2.24, 2.45) is 0 Å². The van der Waals surface area contributed by atoms with Crippen molar-refractivity contribution in [2.75, 3.05) is 6.54 Å². The highest BCUT2D eigenvalue weighted by molar-refractivity contribution is 6.09. The maximum Gasteiger partial charge on any atom is 0.325 e. The highest BCUT2D eigenvalue weighted by atomic mass is 16.2. The Balaban J connectivity index is 1.45. The van der Waals surface area contributed by atoms with Crippen molar-refractivity contribution >= 4 is 28.9 Å². The zero-order chi connectivity index (χ0) is 20.6. The predicted molar refractivity (Wildman–Crippen MR) is 107 cm³/mol. The molecule has 0 aliphatic carbocycles. The Bertz CT molecular complexity index is 1060. The fraction of sp³-hybridized carbons (Fsp3) is 0.238. The van der Waals surface area contributed by atoms with Gasteiger partial charge in [0.1, 0.15) is 17.9 Å². The van der Waals surface area contributed by atoms with Crippen LogP contribution in [0.15, 0.2) is 54.6 Å². The number of aromatic amines is 1. The monoisotopic (exact) mass is 391 g/mol. The number of hydrogen-bond acceptors (Lipinski definition) is 4. The fourth-order valence-corrected chi connectivity index (χ4v) is 3.48. The van der Waals surface area contributed by atoms with E-state index in [2.05, 4.69) is 20.6 Å². The van der Waals surface area contributed by atoms with E-state index < -0.39 is 29.4 Å². The summed E-state index contributed by atoms with van der Waals surface area (Å²) in [7, 11) is 0. The van der Waals surface area contributed by atoms with Crippen molar-refractivity contribution in [3.63, 3.8) is 0 Å². The Hall–Kier alpha value is -3.68. The number of fused-ring (bicyclic) bond motifs is 1. The van der Waals surface area contributed by atoms with Gasteiger partial charge in [-0.15, -0.1) is 0 Å². The van der Waals surface area contributed by atoms with E-state index in [-0.39, 0.29) is 6.54 Å². The van der Waals surface area contributed by atoms with Crippen molar-refractivity contribution in [1.29, 1.82) is 0 Å². The van der Waals surface area contributed by atoms with E-state index in [1.54, 1.807) is 38.1 Å². The molecular formula is C21H21N5O3. The summed E-state index contributed by atoms with van der Waals surface area (Å²) in [4.78, 5) is 46.3. The van der Waals surface area contributed by atoms with Gasteiger partial charge >= 0.3 is 6.03 Å². The molecule has 0 radical (unpaired) electrons. The molecular weight excluding hydrogens is 370 g/mol. The van der Waals surface area contributed by atoms with Gasteiger partial charge in [0.15, 0.2) is 0 Å². The number of H-pyrrole nitrogens is 1. The molecule has 8 nitrogen and oxygen atoms in total. The first-order chi connectivity index (χ1) is 13.9. The van der Waals surface area contributed by atoms with Crippen molar-refractivity contribution in [1.82, 2.24) is 25.5 Å². The van der Waals surface area contributed by atoms with Gasteiger partial charge in [0.2, 0.25) is 5.91 Å². The smallest absolute Gasteiger partial charge is 0.325 e. The number of nitrogens with one attached hydrogen (secondary N) is 3. The third-order valence-electron chi connectivity index (χ3n) is 5.12. The van der Waals surface area contributed by atoms with Crippen LogP contribution >= 0.6 is 0 Å². The fourth-order valence-electron chi connectivity index (χ4n) is 3.48. The minimum Gasteiger partial charge on any atom is -0.345 e. The number of amides is 4. The number of carbonyl (C=O) groups is 3. The summed E-state index contributed by atoms with van der Waals surface area (Å²) >= 11 is 0. The van der Waals surface area contributed by atoms with Crippen LogP contribution < -0.4 is 10.6 Å². The van der Waals surface area contributed by atoms with Crippen molar-refractivity contribution < 1.29 is 14.4 Å².